The van der Waals surface area contributed by atoms with E-state index in [9.17, 15) is 13.2 Å². The first kappa shape index (κ1) is 20.9. The number of benzene rings is 2. The van der Waals surface area contributed by atoms with E-state index in [2.05, 4.69) is 15.0 Å². The molecule has 0 atom stereocenters. The predicted molar refractivity (Wildman–Crippen MR) is 118 cm³/mol. The molecule has 0 spiro atoms. The van der Waals surface area contributed by atoms with Gasteiger partial charge >= 0.3 is 0 Å². The molecule has 1 heterocycles. The Morgan fingerprint density at radius 2 is 1.74 bits per heavy atom. The van der Waals surface area contributed by atoms with Gasteiger partial charge in [-0.05, 0) is 49.2 Å². The highest BCUT2D eigenvalue weighted by atomic mass is 32.2. The number of nitrogens with one attached hydrogen (secondary N) is 2. The fourth-order valence-electron chi connectivity index (χ4n) is 3.53. The number of hydrogen-bond donors (Lipinski definition) is 2. The van der Waals surface area contributed by atoms with Crippen molar-refractivity contribution in [3.63, 3.8) is 0 Å². The molecule has 2 N–H and O–H groups in total. The normalized spacial score (nSPS) is 14.2. The Morgan fingerprint density at radius 1 is 0.968 bits per heavy atom. The average molecular weight is 438 g/mol. The van der Waals surface area contributed by atoms with Crippen LogP contribution in [0, 0.1) is 0 Å². The molecule has 1 saturated carbocycles. The number of ether oxygens (including phenoxy) is 1. The highest BCUT2D eigenvalue weighted by Gasteiger charge is 2.21. The third-order valence-corrected chi connectivity index (χ3v) is 6.46. The summed E-state index contributed by atoms with van der Waals surface area (Å²) in [7, 11) is -3.72. The van der Waals surface area contributed by atoms with Crippen LogP contribution in [0.1, 0.15) is 36.0 Å². The second-order valence-electron chi connectivity index (χ2n) is 7.36. The van der Waals surface area contributed by atoms with Crippen LogP contribution in [-0.2, 0) is 10.0 Å². The topological polar surface area (TPSA) is 97.4 Å². The minimum Gasteiger partial charge on any atom is -0.438 e. The molecular weight excluding hydrogens is 414 g/mol. The minimum absolute atomic E-state index is 0.164. The summed E-state index contributed by atoms with van der Waals surface area (Å²) in [6.07, 6.45) is 5.74. The van der Waals surface area contributed by atoms with Crippen LogP contribution < -0.4 is 14.8 Å². The minimum atomic E-state index is -3.72. The molecule has 0 radical (unpaired) electrons. The first-order valence-electron chi connectivity index (χ1n) is 10.1. The van der Waals surface area contributed by atoms with E-state index in [1.807, 2.05) is 0 Å². The molecule has 1 aliphatic rings. The maximum Gasteiger partial charge on any atom is 0.261 e. The number of aromatic nitrogens is 1. The average Bonchev–Trinajstić information content (AvgIpc) is 3.28. The lowest BCUT2D eigenvalue weighted by molar-refractivity contribution is 0.0935. The van der Waals surface area contributed by atoms with Crippen LogP contribution in [-0.4, -0.2) is 25.4 Å². The largest absolute Gasteiger partial charge is 0.438 e. The van der Waals surface area contributed by atoms with Gasteiger partial charge < -0.3 is 10.1 Å². The lowest BCUT2D eigenvalue weighted by atomic mass is 10.2. The van der Waals surface area contributed by atoms with Crippen molar-refractivity contribution >= 4 is 21.6 Å². The van der Waals surface area contributed by atoms with Gasteiger partial charge in [0.15, 0.2) is 0 Å². The maximum absolute atomic E-state index is 12.7. The molecule has 0 saturated heterocycles. The van der Waals surface area contributed by atoms with Gasteiger partial charge in [-0.1, -0.05) is 37.1 Å². The van der Waals surface area contributed by atoms with Gasteiger partial charge in [0.25, 0.3) is 15.9 Å². The van der Waals surface area contributed by atoms with Crippen LogP contribution in [0.15, 0.2) is 77.8 Å². The summed E-state index contributed by atoms with van der Waals surface area (Å²) < 4.78 is 33.5. The fraction of sp³-hybridized carbons (Fsp3) is 0.217. The first-order valence-corrected chi connectivity index (χ1v) is 11.6. The molecule has 2 aromatic carbocycles. The number of nitrogens with zero attached hydrogens (tertiary/aromatic N) is 1. The van der Waals surface area contributed by atoms with E-state index in [0.29, 0.717) is 17.0 Å². The van der Waals surface area contributed by atoms with Gasteiger partial charge in [0.1, 0.15) is 11.3 Å². The summed E-state index contributed by atoms with van der Waals surface area (Å²) in [4.78, 5) is 17.1. The number of hydrogen-bond acceptors (Lipinski definition) is 5. The molecule has 3 aromatic rings. The highest BCUT2D eigenvalue weighted by molar-refractivity contribution is 7.92. The van der Waals surface area contributed by atoms with Crippen molar-refractivity contribution < 1.29 is 17.9 Å². The number of anilines is 1. The summed E-state index contributed by atoms with van der Waals surface area (Å²) in [6, 6.07) is 18.1. The molecule has 0 bridgehead atoms. The van der Waals surface area contributed by atoms with E-state index >= 15 is 0 Å². The smallest absolute Gasteiger partial charge is 0.261 e. The Morgan fingerprint density at radius 3 is 2.52 bits per heavy atom. The fourth-order valence-corrected chi connectivity index (χ4v) is 4.60. The molecule has 8 heteroatoms. The maximum atomic E-state index is 12.7. The van der Waals surface area contributed by atoms with Crippen LogP contribution in [0.3, 0.4) is 0 Å². The summed E-state index contributed by atoms with van der Waals surface area (Å²) in [6.45, 7) is 0. The number of rotatable bonds is 7. The number of carbonyl (C=O) groups excluding carboxylic acids is 1. The zero-order valence-electron chi connectivity index (χ0n) is 16.8. The molecule has 1 aliphatic carbocycles. The third-order valence-electron chi connectivity index (χ3n) is 5.06. The molecule has 1 fully saturated rings. The summed E-state index contributed by atoms with van der Waals surface area (Å²) in [5.74, 6) is 0.305. The van der Waals surface area contributed by atoms with E-state index in [1.165, 1.54) is 12.1 Å². The molecule has 4 rings (SSSR count). The summed E-state index contributed by atoms with van der Waals surface area (Å²) >= 11 is 0. The number of pyridine rings is 1. The zero-order valence-corrected chi connectivity index (χ0v) is 17.6. The quantitative estimate of drug-likeness (QED) is 0.573. The Hall–Kier alpha value is -3.39. The summed E-state index contributed by atoms with van der Waals surface area (Å²) in [5.41, 5.74) is 0.680. The van der Waals surface area contributed by atoms with Crippen molar-refractivity contribution in [3.05, 3.63) is 78.5 Å². The van der Waals surface area contributed by atoms with Crippen molar-refractivity contribution in [2.75, 3.05) is 4.72 Å². The molecule has 0 unspecified atom stereocenters. The monoisotopic (exact) mass is 437 g/mol. The van der Waals surface area contributed by atoms with Crippen molar-refractivity contribution in [2.45, 2.75) is 36.6 Å². The van der Waals surface area contributed by atoms with Crippen molar-refractivity contribution in [1.29, 1.82) is 0 Å². The molecule has 0 aliphatic heterocycles. The lowest BCUT2D eigenvalue weighted by Crippen LogP contribution is -2.32. The van der Waals surface area contributed by atoms with Gasteiger partial charge in [-0.15, -0.1) is 0 Å². The molecule has 1 amide bonds. The van der Waals surface area contributed by atoms with Crippen LogP contribution in [0.25, 0.3) is 0 Å². The van der Waals surface area contributed by atoms with E-state index < -0.39 is 10.0 Å². The highest BCUT2D eigenvalue weighted by Crippen LogP contribution is 2.27. The number of carbonyl (C=O) groups is 1. The lowest BCUT2D eigenvalue weighted by Gasteiger charge is -2.14. The third kappa shape index (κ3) is 5.21. The van der Waals surface area contributed by atoms with Crippen LogP contribution in [0.5, 0.6) is 11.6 Å². The zero-order chi connectivity index (χ0) is 21.7. The van der Waals surface area contributed by atoms with Crippen LogP contribution in [0.2, 0.25) is 0 Å². The van der Waals surface area contributed by atoms with Crippen LogP contribution in [0.4, 0.5) is 5.69 Å². The Balaban J connectivity index is 1.51. The van der Waals surface area contributed by atoms with Gasteiger partial charge in [-0.25, -0.2) is 13.4 Å². The van der Waals surface area contributed by atoms with E-state index in [4.69, 9.17) is 4.74 Å². The van der Waals surface area contributed by atoms with E-state index in [0.717, 1.165) is 25.7 Å². The molecule has 1 aromatic heterocycles. The predicted octanol–water partition coefficient (Wildman–Crippen LogP) is 4.35. The number of sulfonamides is 1. The van der Waals surface area contributed by atoms with E-state index in [-0.39, 0.29) is 22.7 Å². The Bertz CT molecular complexity index is 1160. The second kappa shape index (κ2) is 9.18. The Labute approximate surface area is 181 Å². The Kier molecular flexibility index (Phi) is 6.18. The van der Waals surface area contributed by atoms with Gasteiger partial charge in [0.05, 0.1) is 10.6 Å². The molecule has 7 nitrogen and oxygen atoms in total. The van der Waals surface area contributed by atoms with Gasteiger partial charge in [-0.3, -0.25) is 9.52 Å². The number of amides is 1. The summed E-state index contributed by atoms with van der Waals surface area (Å²) in [5, 5.41) is 3.03. The molecule has 160 valence electrons. The first-order chi connectivity index (χ1) is 15.0. The van der Waals surface area contributed by atoms with Gasteiger partial charge in [0.2, 0.25) is 5.88 Å². The van der Waals surface area contributed by atoms with Crippen LogP contribution >= 0.6 is 0 Å². The van der Waals surface area contributed by atoms with E-state index in [1.54, 1.807) is 60.8 Å². The molecule has 31 heavy (non-hydrogen) atoms. The van der Waals surface area contributed by atoms with Crippen molar-refractivity contribution in [3.8, 4) is 11.6 Å². The molecular formula is C23H23N3O4S. The van der Waals surface area contributed by atoms with Crippen molar-refractivity contribution in [2.24, 2.45) is 0 Å². The van der Waals surface area contributed by atoms with Gasteiger partial charge in [-0.2, -0.15) is 0 Å². The SMILES string of the molecule is O=C(NC1CCCC1)c1cccnc1Oc1cccc(NS(=O)(=O)c2ccccc2)c1. The second-order valence-corrected chi connectivity index (χ2v) is 9.04. The van der Waals surface area contributed by atoms with Crippen molar-refractivity contribution in [1.82, 2.24) is 10.3 Å². The van der Waals surface area contributed by atoms with Gasteiger partial charge in [0, 0.05) is 18.3 Å². The standard InChI is InChI=1S/C23H23N3O4S/c27-22(25-17-8-4-5-9-17)21-14-7-15-24-23(21)30-19-11-6-10-18(16-19)26-31(28,29)20-12-2-1-3-13-20/h1-3,6-7,10-17,26H,4-5,8-9H2,(H,25,27).